The second kappa shape index (κ2) is 4.62. The third-order valence-electron chi connectivity index (χ3n) is 3.34. The number of hydrogen-bond acceptors (Lipinski definition) is 5. The number of primary amides is 1. The van der Waals surface area contributed by atoms with Gasteiger partial charge < -0.3 is 10.6 Å². The second-order valence-electron chi connectivity index (χ2n) is 4.64. The van der Waals surface area contributed by atoms with Gasteiger partial charge in [-0.15, -0.1) is 0 Å². The summed E-state index contributed by atoms with van der Waals surface area (Å²) in [6.45, 7) is 2.50. The van der Waals surface area contributed by atoms with E-state index in [9.17, 15) is 4.79 Å². The van der Waals surface area contributed by atoms with E-state index in [0.29, 0.717) is 13.0 Å². The van der Waals surface area contributed by atoms with Gasteiger partial charge in [0.15, 0.2) is 0 Å². The van der Waals surface area contributed by atoms with Gasteiger partial charge in [0, 0.05) is 24.5 Å². The van der Waals surface area contributed by atoms with Crippen LogP contribution in [0, 0.1) is 6.92 Å². The number of amides is 1. The number of anilines is 1. The standard InChI is InChI=1S/C13H14N4OS/c1-8-15-13(19-16-8)17-7-10-5-3-2-4-9(10)6-11(17)12(14)18/h2-5,11H,6-7H2,1H3,(H2,14,18)/t11-/m0/s1. The molecule has 1 amide bonds. The molecule has 0 spiro atoms. The highest BCUT2D eigenvalue weighted by molar-refractivity contribution is 7.09. The summed E-state index contributed by atoms with van der Waals surface area (Å²) in [5.41, 5.74) is 7.93. The lowest BCUT2D eigenvalue weighted by atomic mass is 9.94. The number of nitrogens with zero attached hydrogens (tertiary/aromatic N) is 3. The predicted molar refractivity (Wildman–Crippen MR) is 74.0 cm³/mol. The van der Waals surface area contributed by atoms with E-state index in [1.807, 2.05) is 30.0 Å². The molecule has 2 heterocycles. The lowest BCUT2D eigenvalue weighted by Gasteiger charge is -2.34. The summed E-state index contributed by atoms with van der Waals surface area (Å²) in [6.07, 6.45) is 0.629. The summed E-state index contributed by atoms with van der Waals surface area (Å²) in [5.74, 6) is 0.407. The van der Waals surface area contributed by atoms with Crippen LogP contribution in [0.4, 0.5) is 5.13 Å². The Hall–Kier alpha value is -1.95. The largest absolute Gasteiger partial charge is 0.368 e. The van der Waals surface area contributed by atoms with Crippen molar-refractivity contribution in [1.82, 2.24) is 9.36 Å². The van der Waals surface area contributed by atoms with Crippen molar-refractivity contribution in [3.8, 4) is 0 Å². The number of carbonyl (C=O) groups is 1. The number of fused-ring (bicyclic) bond motifs is 1. The molecule has 98 valence electrons. The highest BCUT2D eigenvalue weighted by Crippen LogP contribution is 2.29. The summed E-state index contributed by atoms with van der Waals surface area (Å²) >= 11 is 1.31. The summed E-state index contributed by atoms with van der Waals surface area (Å²) < 4.78 is 4.18. The van der Waals surface area contributed by atoms with Crippen molar-refractivity contribution in [2.45, 2.75) is 25.9 Å². The van der Waals surface area contributed by atoms with Gasteiger partial charge in [0.25, 0.3) is 0 Å². The molecule has 2 N–H and O–H groups in total. The molecule has 1 atom stereocenters. The zero-order valence-corrected chi connectivity index (χ0v) is 11.4. The van der Waals surface area contributed by atoms with Crippen molar-refractivity contribution >= 4 is 22.6 Å². The average Bonchev–Trinajstić information content (AvgIpc) is 2.83. The van der Waals surface area contributed by atoms with Crippen molar-refractivity contribution in [1.29, 1.82) is 0 Å². The maximum absolute atomic E-state index is 11.7. The Morgan fingerprint density at radius 1 is 1.42 bits per heavy atom. The van der Waals surface area contributed by atoms with Crippen LogP contribution in [0.5, 0.6) is 0 Å². The minimum atomic E-state index is -0.345. The van der Waals surface area contributed by atoms with E-state index in [1.54, 1.807) is 0 Å². The van der Waals surface area contributed by atoms with E-state index in [1.165, 1.54) is 22.7 Å². The first-order valence-corrected chi connectivity index (χ1v) is 6.85. The fourth-order valence-corrected chi connectivity index (χ4v) is 3.11. The van der Waals surface area contributed by atoms with Crippen molar-refractivity contribution in [3.63, 3.8) is 0 Å². The van der Waals surface area contributed by atoms with Gasteiger partial charge in [-0.05, 0) is 18.1 Å². The van der Waals surface area contributed by atoms with Gasteiger partial charge in [-0.25, -0.2) is 4.98 Å². The van der Waals surface area contributed by atoms with Crippen molar-refractivity contribution < 1.29 is 4.79 Å². The Bertz CT molecular complexity index is 625. The Labute approximate surface area is 115 Å². The predicted octanol–water partition coefficient (Wildman–Crippen LogP) is 1.26. The molecule has 19 heavy (non-hydrogen) atoms. The third kappa shape index (κ3) is 2.19. The topological polar surface area (TPSA) is 72.1 Å². The molecule has 2 aromatic rings. The number of aromatic nitrogens is 2. The van der Waals surface area contributed by atoms with Gasteiger partial charge in [0.05, 0.1) is 0 Å². The zero-order valence-electron chi connectivity index (χ0n) is 10.5. The number of hydrogen-bond donors (Lipinski definition) is 1. The van der Waals surface area contributed by atoms with E-state index >= 15 is 0 Å². The van der Waals surface area contributed by atoms with Crippen LogP contribution in [-0.2, 0) is 17.8 Å². The first kappa shape index (κ1) is 12.1. The van der Waals surface area contributed by atoms with Gasteiger partial charge in [-0.2, -0.15) is 4.37 Å². The summed E-state index contributed by atoms with van der Waals surface area (Å²) in [6, 6.07) is 7.78. The van der Waals surface area contributed by atoms with Gasteiger partial charge in [-0.1, -0.05) is 24.3 Å². The zero-order chi connectivity index (χ0) is 13.4. The molecule has 0 saturated heterocycles. The minimum Gasteiger partial charge on any atom is -0.368 e. The fraction of sp³-hybridized carbons (Fsp3) is 0.308. The number of benzene rings is 1. The molecule has 5 nitrogen and oxygen atoms in total. The average molecular weight is 274 g/mol. The molecule has 0 fully saturated rings. The Balaban J connectivity index is 2.00. The Morgan fingerprint density at radius 2 is 2.16 bits per heavy atom. The van der Waals surface area contributed by atoms with Crippen LogP contribution in [0.2, 0.25) is 0 Å². The summed E-state index contributed by atoms with van der Waals surface area (Å²) in [5, 5.41) is 0.760. The molecule has 1 aliphatic rings. The number of carbonyl (C=O) groups excluding carboxylic acids is 1. The van der Waals surface area contributed by atoms with Crippen LogP contribution >= 0.6 is 11.5 Å². The monoisotopic (exact) mass is 274 g/mol. The molecule has 1 aliphatic heterocycles. The SMILES string of the molecule is Cc1nsc(N2Cc3ccccc3C[C@H]2C(N)=O)n1. The quantitative estimate of drug-likeness (QED) is 0.895. The minimum absolute atomic E-state index is 0.317. The van der Waals surface area contributed by atoms with Gasteiger partial charge >= 0.3 is 0 Å². The highest BCUT2D eigenvalue weighted by Gasteiger charge is 2.31. The van der Waals surface area contributed by atoms with Crippen LogP contribution in [0.1, 0.15) is 17.0 Å². The molecule has 1 aromatic carbocycles. The first-order chi connectivity index (χ1) is 9.15. The van der Waals surface area contributed by atoms with E-state index in [0.717, 1.165) is 11.0 Å². The van der Waals surface area contributed by atoms with Crippen LogP contribution in [0.15, 0.2) is 24.3 Å². The van der Waals surface area contributed by atoms with E-state index in [4.69, 9.17) is 5.73 Å². The van der Waals surface area contributed by atoms with Crippen molar-refractivity contribution in [3.05, 3.63) is 41.2 Å². The second-order valence-corrected chi connectivity index (χ2v) is 5.37. The molecule has 0 aliphatic carbocycles. The summed E-state index contributed by atoms with van der Waals surface area (Å²) in [7, 11) is 0. The van der Waals surface area contributed by atoms with E-state index < -0.39 is 0 Å². The van der Waals surface area contributed by atoms with Crippen LogP contribution in [0.3, 0.4) is 0 Å². The summed E-state index contributed by atoms with van der Waals surface area (Å²) in [4.78, 5) is 18.0. The van der Waals surface area contributed by atoms with Gasteiger partial charge in [0.1, 0.15) is 11.9 Å². The Kier molecular flexibility index (Phi) is 2.94. The van der Waals surface area contributed by atoms with Crippen molar-refractivity contribution in [2.75, 3.05) is 4.90 Å². The molecule has 1 aromatic heterocycles. The lowest BCUT2D eigenvalue weighted by molar-refractivity contribution is -0.119. The third-order valence-corrected chi connectivity index (χ3v) is 4.18. The highest BCUT2D eigenvalue weighted by atomic mass is 32.1. The maximum atomic E-state index is 11.7. The fourth-order valence-electron chi connectivity index (χ4n) is 2.38. The van der Waals surface area contributed by atoms with Crippen molar-refractivity contribution in [2.24, 2.45) is 5.73 Å². The van der Waals surface area contributed by atoms with Gasteiger partial charge in [0.2, 0.25) is 11.0 Å². The first-order valence-electron chi connectivity index (χ1n) is 6.08. The molecule has 0 saturated carbocycles. The molecule has 3 rings (SSSR count). The molecular weight excluding hydrogens is 260 g/mol. The molecular formula is C13H14N4OS. The maximum Gasteiger partial charge on any atom is 0.240 e. The molecule has 0 radical (unpaired) electrons. The Morgan fingerprint density at radius 3 is 2.79 bits per heavy atom. The molecule has 0 unspecified atom stereocenters. The smallest absolute Gasteiger partial charge is 0.240 e. The normalized spacial score (nSPS) is 18.2. The van der Waals surface area contributed by atoms with Gasteiger partial charge in [-0.3, -0.25) is 4.79 Å². The number of nitrogens with two attached hydrogens (primary N) is 1. The number of aryl methyl sites for hydroxylation is 1. The van der Waals surface area contributed by atoms with Crippen LogP contribution in [0.25, 0.3) is 0 Å². The van der Waals surface area contributed by atoms with E-state index in [-0.39, 0.29) is 11.9 Å². The van der Waals surface area contributed by atoms with Crippen LogP contribution < -0.4 is 10.6 Å². The number of rotatable bonds is 2. The molecule has 0 bridgehead atoms. The lowest BCUT2D eigenvalue weighted by Crippen LogP contribution is -2.48. The van der Waals surface area contributed by atoms with Crippen LogP contribution in [-0.4, -0.2) is 21.3 Å². The molecule has 6 heteroatoms. The van der Waals surface area contributed by atoms with E-state index in [2.05, 4.69) is 15.4 Å².